The minimum atomic E-state index is -1.07. The number of carbonyl (C=O) groups is 3. The Morgan fingerprint density at radius 1 is 1.00 bits per heavy atom. The zero-order valence-corrected chi connectivity index (χ0v) is 19.4. The number of nitrogens with one attached hydrogen (secondary N) is 1. The molecule has 5 rings (SSSR count). The van der Waals surface area contributed by atoms with Gasteiger partial charge in [0.25, 0.3) is 0 Å². The number of carboxylic acids is 1. The Labute approximate surface area is 207 Å². The molecule has 1 aromatic heterocycles. The van der Waals surface area contributed by atoms with Crippen LogP contribution in [0.25, 0.3) is 0 Å². The molecule has 2 aromatic carbocycles. The number of aromatic nitrogens is 1. The van der Waals surface area contributed by atoms with Gasteiger partial charge in [0.05, 0.1) is 23.8 Å². The third-order valence-corrected chi connectivity index (χ3v) is 6.65. The van der Waals surface area contributed by atoms with Crippen molar-refractivity contribution in [1.29, 1.82) is 0 Å². The van der Waals surface area contributed by atoms with Crippen LogP contribution in [0.5, 0.6) is 0 Å². The van der Waals surface area contributed by atoms with Gasteiger partial charge in [-0.2, -0.15) is 0 Å². The van der Waals surface area contributed by atoms with Crippen molar-refractivity contribution in [2.45, 2.75) is 37.6 Å². The van der Waals surface area contributed by atoms with Crippen LogP contribution in [0.3, 0.4) is 0 Å². The first-order valence-electron chi connectivity index (χ1n) is 11.7. The van der Waals surface area contributed by atoms with E-state index in [0.29, 0.717) is 34.6 Å². The predicted octanol–water partition coefficient (Wildman–Crippen LogP) is 4.99. The van der Waals surface area contributed by atoms with E-state index < -0.39 is 17.9 Å². The average Bonchev–Trinajstić information content (AvgIpc) is 3.03. The molecule has 1 aliphatic carbocycles. The molecule has 7 nitrogen and oxygen atoms in total. The van der Waals surface area contributed by atoms with Crippen LogP contribution in [0.2, 0.25) is 0 Å². The summed E-state index contributed by atoms with van der Waals surface area (Å²) in [5, 5.41) is 12.6. The topological polar surface area (TPSA) is 99.6 Å². The Morgan fingerprint density at radius 2 is 1.78 bits per heavy atom. The van der Waals surface area contributed by atoms with Crippen LogP contribution in [-0.4, -0.2) is 27.8 Å². The third kappa shape index (κ3) is 4.49. The molecule has 1 amide bonds. The largest absolute Gasteiger partial charge is 0.481 e. The summed E-state index contributed by atoms with van der Waals surface area (Å²) in [4.78, 5) is 44.3. The number of rotatable bonds is 5. The summed E-state index contributed by atoms with van der Waals surface area (Å²) < 4.78 is 13.5. The summed E-state index contributed by atoms with van der Waals surface area (Å²) in [6, 6.07) is 16.2. The Bertz CT molecular complexity index is 1350. The summed E-state index contributed by atoms with van der Waals surface area (Å²) >= 11 is 0. The summed E-state index contributed by atoms with van der Waals surface area (Å²) in [6.07, 6.45) is 3.41. The molecule has 2 unspecified atom stereocenters. The lowest BCUT2D eigenvalue weighted by Gasteiger charge is -2.35. The molecule has 8 heteroatoms. The third-order valence-electron chi connectivity index (χ3n) is 6.65. The molecule has 2 heterocycles. The standard InChI is InChI=1S/C28H24FN3O4/c29-20-9-7-17(8-10-20)19-14-22-27(24(33)15-19)28(18-4-3-13-30-16-18)32(25(34)11-12-26(35)36)23-6-2-1-5-21(23)31-22/h1-10,13,16,19,28,31H,11-12,14-15H2,(H,35,36). The number of anilines is 2. The highest BCUT2D eigenvalue weighted by Crippen LogP contribution is 2.47. The smallest absolute Gasteiger partial charge is 0.303 e. The van der Waals surface area contributed by atoms with E-state index in [9.17, 15) is 23.9 Å². The Morgan fingerprint density at radius 3 is 2.50 bits per heavy atom. The zero-order valence-electron chi connectivity index (χ0n) is 19.4. The SMILES string of the molecule is O=C(O)CCC(=O)N1c2ccccc2NC2=C(C(=O)CC(c3ccc(F)cc3)C2)C1c1cccnc1. The van der Waals surface area contributed by atoms with Crippen LogP contribution in [0, 0.1) is 5.82 Å². The molecule has 0 saturated carbocycles. The number of carboxylic acid groups (broad SMARTS) is 1. The van der Waals surface area contributed by atoms with Crippen LogP contribution in [0.1, 0.15) is 48.8 Å². The minimum Gasteiger partial charge on any atom is -0.481 e. The van der Waals surface area contributed by atoms with Gasteiger partial charge < -0.3 is 10.4 Å². The summed E-state index contributed by atoms with van der Waals surface area (Å²) in [6.45, 7) is 0. The lowest BCUT2D eigenvalue weighted by Crippen LogP contribution is -2.38. The van der Waals surface area contributed by atoms with Gasteiger partial charge in [-0.15, -0.1) is 0 Å². The molecule has 182 valence electrons. The van der Waals surface area contributed by atoms with Crippen molar-refractivity contribution in [3.63, 3.8) is 0 Å². The molecular formula is C28H24FN3O4. The molecule has 2 aliphatic rings. The number of carbonyl (C=O) groups excluding carboxylic acids is 2. The van der Waals surface area contributed by atoms with Crippen molar-refractivity contribution in [3.8, 4) is 0 Å². The number of para-hydroxylation sites is 2. The number of benzene rings is 2. The molecule has 0 fully saturated rings. The van der Waals surface area contributed by atoms with E-state index in [1.807, 2.05) is 18.2 Å². The average molecular weight is 486 g/mol. The van der Waals surface area contributed by atoms with E-state index >= 15 is 0 Å². The molecule has 2 N–H and O–H groups in total. The highest BCUT2D eigenvalue weighted by atomic mass is 19.1. The highest BCUT2D eigenvalue weighted by Gasteiger charge is 2.41. The van der Waals surface area contributed by atoms with Gasteiger partial charge in [0.1, 0.15) is 5.82 Å². The molecular weight excluding hydrogens is 461 g/mol. The number of halogens is 1. The fourth-order valence-corrected chi connectivity index (χ4v) is 5.02. The first-order chi connectivity index (χ1) is 17.4. The number of aliphatic carboxylic acids is 1. The van der Waals surface area contributed by atoms with E-state index in [1.54, 1.807) is 42.7 Å². The van der Waals surface area contributed by atoms with Crippen LogP contribution >= 0.6 is 0 Å². The molecule has 2 atom stereocenters. The fraction of sp³-hybridized carbons (Fsp3) is 0.214. The van der Waals surface area contributed by atoms with E-state index in [4.69, 9.17) is 0 Å². The quantitative estimate of drug-likeness (QED) is 0.529. The molecule has 0 bridgehead atoms. The first kappa shape index (κ1) is 23.4. The van der Waals surface area contributed by atoms with Crippen molar-refractivity contribution in [1.82, 2.24) is 4.98 Å². The molecule has 1 aliphatic heterocycles. The van der Waals surface area contributed by atoms with E-state index in [1.165, 1.54) is 17.0 Å². The Balaban J connectivity index is 1.66. The molecule has 0 saturated heterocycles. The molecule has 0 radical (unpaired) electrons. The minimum absolute atomic E-state index is 0.129. The second-order valence-corrected chi connectivity index (χ2v) is 8.96. The normalized spacial score (nSPS) is 19.1. The summed E-state index contributed by atoms with van der Waals surface area (Å²) in [5.74, 6) is -2.09. The summed E-state index contributed by atoms with van der Waals surface area (Å²) in [7, 11) is 0. The number of hydrogen-bond donors (Lipinski definition) is 2. The van der Waals surface area contributed by atoms with Gasteiger partial charge in [-0.1, -0.05) is 30.3 Å². The Kier molecular flexibility index (Phi) is 6.33. The van der Waals surface area contributed by atoms with Crippen molar-refractivity contribution in [2.24, 2.45) is 0 Å². The second kappa shape index (κ2) is 9.73. The number of amides is 1. The van der Waals surface area contributed by atoms with Gasteiger partial charge >= 0.3 is 5.97 Å². The lowest BCUT2D eigenvalue weighted by atomic mass is 9.78. The van der Waals surface area contributed by atoms with Gasteiger partial charge in [0.2, 0.25) is 5.91 Å². The maximum atomic E-state index is 13.8. The van der Waals surface area contributed by atoms with Crippen molar-refractivity contribution in [2.75, 3.05) is 10.2 Å². The van der Waals surface area contributed by atoms with Crippen molar-refractivity contribution in [3.05, 3.63) is 101 Å². The van der Waals surface area contributed by atoms with Crippen LogP contribution in [0.15, 0.2) is 84.3 Å². The number of pyridine rings is 1. The molecule has 0 spiro atoms. The zero-order chi connectivity index (χ0) is 25.2. The molecule has 36 heavy (non-hydrogen) atoms. The number of fused-ring (bicyclic) bond motifs is 1. The maximum Gasteiger partial charge on any atom is 0.303 e. The molecule has 3 aromatic rings. The Hall–Kier alpha value is -4.33. The van der Waals surface area contributed by atoms with E-state index in [2.05, 4.69) is 10.3 Å². The van der Waals surface area contributed by atoms with Crippen LogP contribution in [-0.2, 0) is 14.4 Å². The summed E-state index contributed by atoms with van der Waals surface area (Å²) in [5.41, 5.74) is 3.87. The number of ketones is 1. The predicted molar refractivity (Wildman–Crippen MR) is 132 cm³/mol. The highest BCUT2D eigenvalue weighted by molar-refractivity contribution is 6.06. The van der Waals surface area contributed by atoms with Crippen LogP contribution in [0.4, 0.5) is 15.8 Å². The van der Waals surface area contributed by atoms with E-state index in [-0.39, 0.29) is 36.8 Å². The van der Waals surface area contributed by atoms with Gasteiger partial charge in [0.15, 0.2) is 5.78 Å². The van der Waals surface area contributed by atoms with Gasteiger partial charge in [-0.3, -0.25) is 24.3 Å². The van der Waals surface area contributed by atoms with Crippen molar-refractivity contribution >= 4 is 29.0 Å². The fourth-order valence-electron chi connectivity index (χ4n) is 5.02. The van der Waals surface area contributed by atoms with Crippen molar-refractivity contribution < 1.29 is 23.9 Å². The number of Topliss-reactive ketones (excluding diaryl/α,β-unsaturated/α-hetero) is 1. The van der Waals surface area contributed by atoms with E-state index in [0.717, 1.165) is 5.56 Å². The van der Waals surface area contributed by atoms with Crippen LogP contribution < -0.4 is 10.2 Å². The number of nitrogens with zero attached hydrogens (tertiary/aromatic N) is 2. The number of hydrogen-bond acceptors (Lipinski definition) is 5. The lowest BCUT2D eigenvalue weighted by molar-refractivity contribution is -0.138. The number of allylic oxidation sites excluding steroid dienone is 1. The van der Waals surface area contributed by atoms with Gasteiger partial charge in [-0.05, 0) is 53.8 Å². The first-order valence-corrected chi connectivity index (χ1v) is 11.7. The van der Waals surface area contributed by atoms with Gasteiger partial charge in [-0.25, -0.2) is 4.39 Å². The monoisotopic (exact) mass is 485 g/mol. The maximum absolute atomic E-state index is 13.8. The van der Waals surface area contributed by atoms with Gasteiger partial charge in [0, 0.05) is 36.5 Å². The second-order valence-electron chi connectivity index (χ2n) is 8.96.